The fraction of sp³-hybridized carbons (Fsp3) is 0.611. The number of piperidine rings is 1. The smallest absolute Gasteiger partial charge is 0.223 e. The van der Waals surface area contributed by atoms with Gasteiger partial charge in [0.25, 0.3) is 0 Å². The van der Waals surface area contributed by atoms with Gasteiger partial charge in [-0.2, -0.15) is 0 Å². The van der Waals surface area contributed by atoms with E-state index in [1.807, 2.05) is 24.3 Å². The SMILES string of the molecule is Nc1ccccc1CCC(=O)N1CCCC2CCCCC21. The van der Waals surface area contributed by atoms with Gasteiger partial charge in [-0.15, -0.1) is 0 Å². The van der Waals surface area contributed by atoms with Gasteiger partial charge < -0.3 is 10.6 Å². The van der Waals surface area contributed by atoms with Gasteiger partial charge in [-0.1, -0.05) is 31.0 Å². The molecule has 2 N–H and O–H groups in total. The zero-order valence-electron chi connectivity index (χ0n) is 12.8. The van der Waals surface area contributed by atoms with Crippen LogP contribution in [0.2, 0.25) is 0 Å². The second kappa shape index (κ2) is 6.50. The molecular formula is C18H26N2O. The van der Waals surface area contributed by atoms with Crippen molar-refractivity contribution in [2.45, 2.75) is 57.4 Å². The quantitative estimate of drug-likeness (QED) is 0.866. The maximum absolute atomic E-state index is 12.6. The lowest BCUT2D eigenvalue weighted by molar-refractivity contribution is -0.137. The predicted octanol–water partition coefficient (Wildman–Crippen LogP) is 3.38. The van der Waals surface area contributed by atoms with Gasteiger partial charge in [-0.25, -0.2) is 0 Å². The molecule has 0 bridgehead atoms. The number of hydrogen-bond acceptors (Lipinski definition) is 2. The van der Waals surface area contributed by atoms with Crippen LogP contribution in [0.4, 0.5) is 5.69 Å². The minimum Gasteiger partial charge on any atom is -0.399 e. The number of rotatable bonds is 3. The van der Waals surface area contributed by atoms with Gasteiger partial charge in [-0.3, -0.25) is 4.79 Å². The number of fused-ring (bicyclic) bond motifs is 1. The lowest BCUT2D eigenvalue weighted by Gasteiger charge is -2.44. The summed E-state index contributed by atoms with van der Waals surface area (Å²) in [4.78, 5) is 14.8. The highest BCUT2D eigenvalue weighted by molar-refractivity contribution is 5.77. The van der Waals surface area contributed by atoms with E-state index in [9.17, 15) is 4.79 Å². The van der Waals surface area contributed by atoms with Gasteiger partial charge in [-0.05, 0) is 49.7 Å². The number of amides is 1. The monoisotopic (exact) mass is 286 g/mol. The van der Waals surface area contributed by atoms with Crippen molar-refractivity contribution in [1.82, 2.24) is 4.90 Å². The third-order valence-electron chi connectivity index (χ3n) is 5.23. The standard InChI is InChI=1S/C18H26N2O/c19-16-9-3-1-6-14(16)11-12-18(21)20-13-5-8-15-7-2-4-10-17(15)20/h1,3,6,9,15,17H,2,4-5,7-8,10-13,19H2. The van der Waals surface area contributed by atoms with Crippen LogP contribution < -0.4 is 5.73 Å². The predicted molar refractivity (Wildman–Crippen MR) is 85.9 cm³/mol. The third kappa shape index (κ3) is 3.22. The Morgan fingerprint density at radius 2 is 1.90 bits per heavy atom. The number of nitrogens with two attached hydrogens (primary N) is 1. The molecule has 114 valence electrons. The molecule has 3 rings (SSSR count). The van der Waals surface area contributed by atoms with Gasteiger partial charge in [0.1, 0.15) is 0 Å². The van der Waals surface area contributed by atoms with E-state index < -0.39 is 0 Å². The Balaban J connectivity index is 1.60. The largest absolute Gasteiger partial charge is 0.399 e. The lowest BCUT2D eigenvalue weighted by Crippen LogP contribution is -2.49. The summed E-state index contributed by atoms with van der Waals surface area (Å²) < 4.78 is 0. The maximum Gasteiger partial charge on any atom is 0.223 e. The van der Waals surface area contributed by atoms with E-state index in [0.717, 1.165) is 30.1 Å². The summed E-state index contributed by atoms with van der Waals surface area (Å²) in [5.41, 5.74) is 7.87. The molecule has 1 saturated carbocycles. The molecule has 2 atom stereocenters. The van der Waals surface area contributed by atoms with Crippen molar-refractivity contribution >= 4 is 11.6 Å². The second-order valence-electron chi connectivity index (χ2n) is 6.54. The molecule has 0 spiro atoms. The Labute approximate surface area is 127 Å². The van der Waals surface area contributed by atoms with Gasteiger partial charge in [0, 0.05) is 24.7 Å². The van der Waals surface area contributed by atoms with E-state index in [-0.39, 0.29) is 0 Å². The zero-order chi connectivity index (χ0) is 14.7. The Morgan fingerprint density at radius 1 is 1.14 bits per heavy atom. The van der Waals surface area contributed by atoms with Crippen molar-refractivity contribution < 1.29 is 4.79 Å². The number of benzene rings is 1. The van der Waals surface area contributed by atoms with Crippen LogP contribution in [0.5, 0.6) is 0 Å². The Kier molecular flexibility index (Phi) is 4.47. The molecule has 2 aliphatic rings. The fourth-order valence-corrected chi connectivity index (χ4v) is 4.08. The van der Waals surface area contributed by atoms with Gasteiger partial charge in [0.15, 0.2) is 0 Å². The van der Waals surface area contributed by atoms with Gasteiger partial charge in [0.2, 0.25) is 5.91 Å². The minimum atomic E-state index is 0.329. The molecule has 21 heavy (non-hydrogen) atoms. The van der Waals surface area contributed by atoms with Crippen molar-refractivity contribution in [2.24, 2.45) is 5.92 Å². The first kappa shape index (κ1) is 14.4. The van der Waals surface area contributed by atoms with Crippen LogP contribution in [0, 0.1) is 5.92 Å². The van der Waals surface area contributed by atoms with Crippen LogP contribution in [0.15, 0.2) is 24.3 Å². The summed E-state index contributed by atoms with van der Waals surface area (Å²) >= 11 is 0. The Hall–Kier alpha value is -1.51. The number of nitrogen functional groups attached to an aromatic ring is 1. The molecule has 2 unspecified atom stereocenters. The highest BCUT2D eigenvalue weighted by Gasteiger charge is 2.35. The number of likely N-dealkylation sites (tertiary alicyclic amines) is 1. The van der Waals surface area contributed by atoms with Crippen molar-refractivity contribution in [2.75, 3.05) is 12.3 Å². The molecule has 1 aromatic rings. The lowest BCUT2D eigenvalue weighted by atomic mass is 9.78. The third-order valence-corrected chi connectivity index (χ3v) is 5.23. The summed E-state index contributed by atoms with van der Waals surface area (Å²) in [6.45, 7) is 0.963. The maximum atomic E-state index is 12.6. The molecule has 2 fully saturated rings. The summed E-state index contributed by atoms with van der Waals surface area (Å²) in [7, 11) is 0. The van der Waals surface area contributed by atoms with Crippen molar-refractivity contribution in [1.29, 1.82) is 0 Å². The van der Waals surface area contributed by atoms with Gasteiger partial charge >= 0.3 is 0 Å². The fourth-order valence-electron chi connectivity index (χ4n) is 4.08. The highest BCUT2D eigenvalue weighted by atomic mass is 16.2. The average molecular weight is 286 g/mol. The second-order valence-corrected chi connectivity index (χ2v) is 6.54. The number of aryl methyl sites for hydroxylation is 1. The minimum absolute atomic E-state index is 0.329. The average Bonchev–Trinajstić information content (AvgIpc) is 2.53. The van der Waals surface area contributed by atoms with E-state index in [1.165, 1.54) is 38.5 Å². The van der Waals surface area contributed by atoms with Crippen molar-refractivity contribution in [3.05, 3.63) is 29.8 Å². The van der Waals surface area contributed by atoms with Crippen LogP contribution in [0.25, 0.3) is 0 Å². The molecule has 0 aromatic heterocycles. The summed E-state index contributed by atoms with van der Waals surface area (Å²) in [6, 6.07) is 8.40. The molecule has 1 amide bonds. The molecular weight excluding hydrogens is 260 g/mol. The molecule has 1 aliphatic carbocycles. The van der Waals surface area contributed by atoms with E-state index in [0.29, 0.717) is 18.4 Å². The number of anilines is 1. The van der Waals surface area contributed by atoms with E-state index in [4.69, 9.17) is 5.73 Å². The summed E-state index contributed by atoms with van der Waals surface area (Å²) in [6.07, 6.45) is 9.03. The van der Waals surface area contributed by atoms with Crippen LogP contribution >= 0.6 is 0 Å². The number of hydrogen-bond donors (Lipinski definition) is 1. The molecule has 3 nitrogen and oxygen atoms in total. The van der Waals surface area contributed by atoms with E-state index in [2.05, 4.69) is 4.90 Å². The highest BCUT2D eigenvalue weighted by Crippen LogP contribution is 2.35. The molecule has 3 heteroatoms. The number of carbonyl (C=O) groups is 1. The number of carbonyl (C=O) groups excluding carboxylic acids is 1. The molecule has 1 aromatic carbocycles. The normalized spacial score (nSPS) is 25.4. The van der Waals surface area contributed by atoms with Crippen LogP contribution in [0.1, 0.15) is 50.5 Å². The Bertz CT molecular complexity index is 498. The van der Waals surface area contributed by atoms with Crippen LogP contribution in [-0.4, -0.2) is 23.4 Å². The van der Waals surface area contributed by atoms with E-state index in [1.54, 1.807) is 0 Å². The van der Waals surface area contributed by atoms with Crippen LogP contribution in [0.3, 0.4) is 0 Å². The van der Waals surface area contributed by atoms with E-state index >= 15 is 0 Å². The number of nitrogens with zero attached hydrogens (tertiary/aromatic N) is 1. The van der Waals surface area contributed by atoms with Crippen LogP contribution in [-0.2, 0) is 11.2 Å². The first-order valence-electron chi connectivity index (χ1n) is 8.38. The molecule has 1 saturated heterocycles. The first-order valence-corrected chi connectivity index (χ1v) is 8.38. The van der Waals surface area contributed by atoms with Crippen molar-refractivity contribution in [3.63, 3.8) is 0 Å². The summed E-state index contributed by atoms with van der Waals surface area (Å²) in [5.74, 6) is 1.09. The number of para-hydroxylation sites is 1. The molecule has 0 radical (unpaired) electrons. The molecule has 1 aliphatic heterocycles. The van der Waals surface area contributed by atoms with Gasteiger partial charge in [0.05, 0.1) is 0 Å². The summed E-state index contributed by atoms with van der Waals surface area (Å²) in [5, 5.41) is 0. The Morgan fingerprint density at radius 3 is 2.76 bits per heavy atom. The topological polar surface area (TPSA) is 46.3 Å². The zero-order valence-corrected chi connectivity index (χ0v) is 12.8. The first-order chi connectivity index (χ1) is 10.3. The molecule has 1 heterocycles. The van der Waals surface area contributed by atoms with Crippen molar-refractivity contribution in [3.8, 4) is 0 Å².